The summed E-state index contributed by atoms with van der Waals surface area (Å²) >= 11 is 0. The zero-order valence-corrected chi connectivity index (χ0v) is 12.2. The third-order valence-electron chi connectivity index (χ3n) is 3.85. The summed E-state index contributed by atoms with van der Waals surface area (Å²) in [5.74, 6) is 0.485. The van der Waals surface area contributed by atoms with Gasteiger partial charge in [-0.05, 0) is 30.9 Å². The van der Waals surface area contributed by atoms with Crippen molar-refractivity contribution in [1.82, 2.24) is 4.31 Å². The van der Waals surface area contributed by atoms with Crippen LogP contribution in [-0.2, 0) is 10.0 Å². The normalized spacial score (nSPS) is 17.8. The molecule has 0 heterocycles. The van der Waals surface area contributed by atoms with E-state index in [1.807, 2.05) is 0 Å². The number of nitrogens with two attached hydrogens (primary N) is 1. The number of hydrogen-bond donors (Lipinski definition) is 1. The minimum absolute atomic E-state index is 0.216. The van der Waals surface area contributed by atoms with Crippen LogP contribution in [0.2, 0.25) is 0 Å². The van der Waals surface area contributed by atoms with Gasteiger partial charge in [0.25, 0.3) is 0 Å². The molecule has 1 aromatic carbocycles. The van der Waals surface area contributed by atoms with Gasteiger partial charge in [0.2, 0.25) is 10.0 Å². The van der Waals surface area contributed by atoms with E-state index in [1.165, 1.54) is 23.6 Å². The van der Waals surface area contributed by atoms with E-state index in [1.54, 1.807) is 31.3 Å². The third-order valence-corrected chi connectivity index (χ3v) is 5.74. The van der Waals surface area contributed by atoms with Gasteiger partial charge in [-0.3, -0.25) is 0 Å². The number of nitrogens with zero attached hydrogens (tertiary/aromatic N) is 1. The van der Waals surface area contributed by atoms with Crippen molar-refractivity contribution in [3.63, 3.8) is 0 Å². The van der Waals surface area contributed by atoms with Crippen molar-refractivity contribution in [3.05, 3.63) is 24.3 Å². The summed E-state index contributed by atoms with van der Waals surface area (Å²) < 4.78 is 26.4. The SMILES string of the molecule is CN(CC1CCCCC1)S(=O)(=O)c1ccccc1N. The Morgan fingerprint density at radius 1 is 1.21 bits per heavy atom. The number of benzene rings is 1. The number of rotatable bonds is 4. The van der Waals surface area contributed by atoms with Gasteiger partial charge in [-0.15, -0.1) is 0 Å². The average molecular weight is 282 g/mol. The molecule has 0 saturated heterocycles. The lowest BCUT2D eigenvalue weighted by molar-refractivity contribution is 0.300. The summed E-state index contributed by atoms with van der Waals surface area (Å²) in [6, 6.07) is 6.65. The molecule has 106 valence electrons. The van der Waals surface area contributed by atoms with E-state index in [9.17, 15) is 8.42 Å². The lowest BCUT2D eigenvalue weighted by Crippen LogP contribution is -2.33. The fraction of sp³-hybridized carbons (Fsp3) is 0.571. The minimum atomic E-state index is -3.46. The Morgan fingerprint density at radius 2 is 1.84 bits per heavy atom. The summed E-state index contributed by atoms with van der Waals surface area (Å²) in [4.78, 5) is 0.216. The molecule has 1 saturated carbocycles. The van der Waals surface area contributed by atoms with Crippen LogP contribution in [0.3, 0.4) is 0 Å². The monoisotopic (exact) mass is 282 g/mol. The molecule has 0 amide bonds. The molecule has 1 aliphatic rings. The molecule has 0 bridgehead atoms. The van der Waals surface area contributed by atoms with Crippen molar-refractivity contribution in [2.45, 2.75) is 37.0 Å². The Balaban J connectivity index is 2.13. The van der Waals surface area contributed by atoms with Crippen LogP contribution in [0, 0.1) is 5.92 Å². The van der Waals surface area contributed by atoms with Crippen molar-refractivity contribution in [3.8, 4) is 0 Å². The molecule has 5 heteroatoms. The van der Waals surface area contributed by atoms with Gasteiger partial charge in [0.1, 0.15) is 4.90 Å². The van der Waals surface area contributed by atoms with Gasteiger partial charge >= 0.3 is 0 Å². The first-order valence-corrected chi connectivity index (χ1v) is 8.26. The molecule has 0 atom stereocenters. The summed E-state index contributed by atoms with van der Waals surface area (Å²) in [6.07, 6.45) is 5.96. The molecule has 2 N–H and O–H groups in total. The molecule has 2 rings (SSSR count). The maximum Gasteiger partial charge on any atom is 0.244 e. The Hall–Kier alpha value is -1.07. The van der Waals surface area contributed by atoms with Crippen molar-refractivity contribution in [2.75, 3.05) is 19.3 Å². The maximum absolute atomic E-state index is 12.5. The predicted octanol–water partition coefficient (Wildman–Crippen LogP) is 2.47. The molecule has 0 aliphatic heterocycles. The molecule has 0 spiro atoms. The first-order chi connectivity index (χ1) is 9.01. The van der Waals surface area contributed by atoms with Gasteiger partial charge in [0, 0.05) is 13.6 Å². The number of hydrogen-bond acceptors (Lipinski definition) is 3. The molecule has 0 unspecified atom stereocenters. The summed E-state index contributed by atoms with van der Waals surface area (Å²) in [5.41, 5.74) is 6.09. The Bertz CT molecular complexity index is 522. The third kappa shape index (κ3) is 3.28. The number of anilines is 1. The number of para-hydroxylation sites is 1. The van der Waals surface area contributed by atoms with E-state index < -0.39 is 10.0 Å². The highest BCUT2D eigenvalue weighted by molar-refractivity contribution is 7.89. The van der Waals surface area contributed by atoms with Crippen molar-refractivity contribution in [1.29, 1.82) is 0 Å². The summed E-state index contributed by atoms with van der Waals surface area (Å²) in [5, 5.41) is 0. The van der Waals surface area contributed by atoms with E-state index in [-0.39, 0.29) is 4.90 Å². The summed E-state index contributed by atoms with van der Waals surface area (Å²) in [7, 11) is -1.81. The van der Waals surface area contributed by atoms with Crippen LogP contribution in [0.5, 0.6) is 0 Å². The lowest BCUT2D eigenvalue weighted by atomic mass is 9.89. The van der Waals surface area contributed by atoms with E-state index in [0.29, 0.717) is 18.2 Å². The highest BCUT2D eigenvalue weighted by Gasteiger charge is 2.26. The van der Waals surface area contributed by atoms with Crippen LogP contribution in [-0.4, -0.2) is 26.3 Å². The number of nitrogen functional groups attached to an aromatic ring is 1. The van der Waals surface area contributed by atoms with Gasteiger partial charge in [-0.1, -0.05) is 31.4 Å². The van der Waals surface area contributed by atoms with E-state index in [2.05, 4.69) is 0 Å². The van der Waals surface area contributed by atoms with Gasteiger partial charge in [0.05, 0.1) is 5.69 Å². The number of sulfonamides is 1. The van der Waals surface area contributed by atoms with E-state index in [0.717, 1.165) is 12.8 Å². The quantitative estimate of drug-likeness (QED) is 0.863. The first-order valence-electron chi connectivity index (χ1n) is 6.82. The second-order valence-electron chi connectivity index (χ2n) is 5.33. The van der Waals surface area contributed by atoms with Gasteiger partial charge in [-0.25, -0.2) is 12.7 Å². The van der Waals surface area contributed by atoms with Crippen LogP contribution in [0.15, 0.2) is 29.2 Å². The molecular formula is C14H22N2O2S. The van der Waals surface area contributed by atoms with Gasteiger partial charge < -0.3 is 5.73 Å². The lowest BCUT2D eigenvalue weighted by Gasteiger charge is -2.26. The minimum Gasteiger partial charge on any atom is -0.398 e. The molecule has 1 aliphatic carbocycles. The van der Waals surface area contributed by atoms with Crippen molar-refractivity contribution >= 4 is 15.7 Å². The van der Waals surface area contributed by atoms with Crippen LogP contribution < -0.4 is 5.73 Å². The van der Waals surface area contributed by atoms with Gasteiger partial charge in [0.15, 0.2) is 0 Å². The smallest absolute Gasteiger partial charge is 0.244 e. The van der Waals surface area contributed by atoms with Crippen LogP contribution >= 0.6 is 0 Å². The highest BCUT2D eigenvalue weighted by atomic mass is 32.2. The molecule has 0 aromatic heterocycles. The predicted molar refractivity (Wildman–Crippen MR) is 77.2 cm³/mol. The van der Waals surface area contributed by atoms with Crippen molar-refractivity contribution in [2.24, 2.45) is 5.92 Å². The molecule has 19 heavy (non-hydrogen) atoms. The largest absolute Gasteiger partial charge is 0.398 e. The second kappa shape index (κ2) is 5.92. The Morgan fingerprint density at radius 3 is 2.47 bits per heavy atom. The van der Waals surface area contributed by atoms with E-state index >= 15 is 0 Å². The Kier molecular flexibility index (Phi) is 4.47. The molecule has 1 aromatic rings. The molecular weight excluding hydrogens is 260 g/mol. The fourth-order valence-corrected chi connectivity index (χ4v) is 4.07. The van der Waals surface area contributed by atoms with Crippen LogP contribution in [0.4, 0.5) is 5.69 Å². The van der Waals surface area contributed by atoms with Crippen LogP contribution in [0.1, 0.15) is 32.1 Å². The zero-order chi connectivity index (χ0) is 13.9. The average Bonchev–Trinajstić information content (AvgIpc) is 2.40. The zero-order valence-electron chi connectivity index (χ0n) is 11.4. The van der Waals surface area contributed by atoms with Crippen LogP contribution in [0.25, 0.3) is 0 Å². The fourth-order valence-electron chi connectivity index (χ4n) is 2.71. The molecule has 0 radical (unpaired) electrons. The highest BCUT2D eigenvalue weighted by Crippen LogP contribution is 2.27. The molecule has 1 fully saturated rings. The van der Waals surface area contributed by atoms with Crippen molar-refractivity contribution < 1.29 is 8.42 Å². The summed E-state index contributed by atoms with van der Waals surface area (Å²) in [6.45, 7) is 0.594. The first kappa shape index (κ1) is 14.3. The van der Waals surface area contributed by atoms with Gasteiger partial charge in [-0.2, -0.15) is 0 Å². The Labute approximate surface area is 115 Å². The standard InChI is InChI=1S/C14H22N2O2S/c1-16(11-12-7-3-2-4-8-12)19(17,18)14-10-6-5-9-13(14)15/h5-6,9-10,12H,2-4,7-8,11,15H2,1H3. The maximum atomic E-state index is 12.5. The molecule has 4 nitrogen and oxygen atoms in total. The topological polar surface area (TPSA) is 63.4 Å². The van der Waals surface area contributed by atoms with E-state index in [4.69, 9.17) is 5.73 Å². The second-order valence-corrected chi connectivity index (χ2v) is 7.34.